The van der Waals surface area contributed by atoms with E-state index in [0.29, 0.717) is 42.2 Å². The molecular formula is C22H22ClNO3. The first-order valence-electron chi connectivity index (χ1n) is 9.41. The first-order valence-corrected chi connectivity index (χ1v) is 9.79. The maximum atomic E-state index is 12.6. The minimum atomic E-state index is 0.0828. The van der Waals surface area contributed by atoms with Gasteiger partial charge in [0.15, 0.2) is 11.6 Å². The minimum Gasteiger partial charge on any atom is -0.492 e. The average Bonchev–Trinajstić information content (AvgIpc) is 3.15. The minimum absolute atomic E-state index is 0.0828. The second-order valence-electron chi connectivity index (χ2n) is 7.25. The highest BCUT2D eigenvalue weighted by atomic mass is 35.5. The van der Waals surface area contributed by atoms with E-state index in [9.17, 15) is 9.59 Å². The van der Waals surface area contributed by atoms with Crippen molar-refractivity contribution < 1.29 is 14.3 Å². The van der Waals surface area contributed by atoms with Crippen LogP contribution in [0, 0.1) is 0 Å². The lowest BCUT2D eigenvalue weighted by Crippen LogP contribution is -2.24. The molecule has 0 N–H and O–H groups in total. The molecular weight excluding hydrogens is 362 g/mol. The zero-order chi connectivity index (χ0) is 18.8. The summed E-state index contributed by atoms with van der Waals surface area (Å²) in [6.45, 7) is 3.08. The van der Waals surface area contributed by atoms with E-state index in [2.05, 4.69) is 11.0 Å². The molecule has 4 rings (SSSR count). The number of hydrogen-bond acceptors (Lipinski definition) is 4. The summed E-state index contributed by atoms with van der Waals surface area (Å²) in [5.74, 6) is 1.19. The van der Waals surface area contributed by atoms with Gasteiger partial charge in [-0.2, -0.15) is 0 Å². The Hall–Kier alpha value is -2.17. The second kappa shape index (κ2) is 7.83. The van der Waals surface area contributed by atoms with Gasteiger partial charge in [-0.3, -0.25) is 9.59 Å². The number of nitrogens with zero attached hydrogens (tertiary/aromatic N) is 1. The highest BCUT2D eigenvalue weighted by molar-refractivity contribution is 6.30. The lowest BCUT2D eigenvalue weighted by atomic mass is 9.99. The smallest absolute Gasteiger partial charge is 0.169 e. The van der Waals surface area contributed by atoms with E-state index in [1.807, 2.05) is 18.2 Å². The van der Waals surface area contributed by atoms with Gasteiger partial charge in [-0.05, 0) is 48.7 Å². The molecule has 1 saturated heterocycles. The summed E-state index contributed by atoms with van der Waals surface area (Å²) < 4.78 is 5.54. The number of carbonyl (C=O) groups excluding carboxylic acids is 2. The fourth-order valence-electron chi connectivity index (χ4n) is 3.91. The van der Waals surface area contributed by atoms with Crippen LogP contribution in [0.2, 0.25) is 5.02 Å². The Bertz CT molecular complexity index is 880. The highest BCUT2D eigenvalue weighted by Gasteiger charge is 2.25. The number of carbonyl (C=O) groups is 2. The number of Topliss-reactive ketones (excluding diaryl/α,β-unsaturated/α-hetero) is 2. The van der Waals surface area contributed by atoms with Gasteiger partial charge in [0.05, 0.1) is 12.2 Å². The van der Waals surface area contributed by atoms with Crippen molar-refractivity contribution in [2.24, 2.45) is 0 Å². The monoisotopic (exact) mass is 383 g/mol. The third kappa shape index (κ3) is 4.07. The summed E-state index contributed by atoms with van der Waals surface area (Å²) in [7, 11) is 0. The van der Waals surface area contributed by atoms with Crippen molar-refractivity contribution in [1.82, 2.24) is 4.90 Å². The predicted molar refractivity (Wildman–Crippen MR) is 105 cm³/mol. The van der Waals surface area contributed by atoms with E-state index in [1.54, 1.807) is 18.2 Å². The first kappa shape index (κ1) is 18.2. The number of likely N-dealkylation sites (tertiary alicyclic amines) is 1. The third-order valence-electron chi connectivity index (χ3n) is 5.44. The summed E-state index contributed by atoms with van der Waals surface area (Å²) in [6.07, 6.45) is 1.96. The fraction of sp³-hybridized carbons (Fsp3) is 0.364. The van der Waals surface area contributed by atoms with Crippen molar-refractivity contribution >= 4 is 23.2 Å². The lowest BCUT2D eigenvalue weighted by Gasteiger charge is -2.18. The number of ether oxygens (including phenoxy) is 1. The quantitative estimate of drug-likeness (QED) is 0.719. The Morgan fingerprint density at radius 3 is 2.96 bits per heavy atom. The Morgan fingerprint density at radius 2 is 2.11 bits per heavy atom. The molecule has 0 spiro atoms. The van der Waals surface area contributed by atoms with Gasteiger partial charge in [0, 0.05) is 36.5 Å². The fourth-order valence-corrected chi connectivity index (χ4v) is 4.10. The third-order valence-corrected chi connectivity index (χ3v) is 5.67. The second-order valence-corrected chi connectivity index (χ2v) is 7.68. The molecule has 0 radical (unpaired) electrons. The van der Waals surface area contributed by atoms with Gasteiger partial charge in [0.2, 0.25) is 0 Å². The number of halogens is 1. The lowest BCUT2D eigenvalue weighted by molar-refractivity contribution is 0.0927. The van der Waals surface area contributed by atoms with E-state index in [-0.39, 0.29) is 11.6 Å². The normalized spacial score (nSPS) is 19.6. The number of fused-ring (bicyclic) bond motifs is 1. The summed E-state index contributed by atoms with van der Waals surface area (Å²) in [5.41, 5.74) is 2.48. The number of rotatable bonds is 5. The highest BCUT2D eigenvalue weighted by Crippen LogP contribution is 2.29. The van der Waals surface area contributed by atoms with E-state index in [4.69, 9.17) is 16.3 Å². The van der Waals surface area contributed by atoms with Gasteiger partial charge in [0.25, 0.3) is 0 Å². The molecule has 0 aromatic heterocycles. The van der Waals surface area contributed by atoms with Crippen molar-refractivity contribution in [2.45, 2.75) is 25.2 Å². The molecule has 0 amide bonds. The van der Waals surface area contributed by atoms with Crippen LogP contribution in [0.1, 0.15) is 51.5 Å². The van der Waals surface area contributed by atoms with Crippen LogP contribution >= 0.6 is 11.6 Å². The zero-order valence-corrected chi connectivity index (χ0v) is 15.9. The van der Waals surface area contributed by atoms with E-state index < -0.39 is 0 Å². The summed E-state index contributed by atoms with van der Waals surface area (Å²) in [6, 6.07) is 13.2. The van der Waals surface area contributed by atoms with Crippen LogP contribution in [0.3, 0.4) is 0 Å². The molecule has 0 saturated carbocycles. The van der Waals surface area contributed by atoms with Crippen molar-refractivity contribution in [1.29, 1.82) is 0 Å². The van der Waals surface area contributed by atoms with E-state index in [0.717, 1.165) is 31.1 Å². The molecule has 27 heavy (non-hydrogen) atoms. The average molecular weight is 384 g/mol. The van der Waals surface area contributed by atoms with Gasteiger partial charge in [0.1, 0.15) is 5.75 Å². The maximum Gasteiger partial charge on any atom is 0.169 e. The van der Waals surface area contributed by atoms with E-state index in [1.165, 1.54) is 5.56 Å². The number of benzene rings is 2. The number of hydrogen-bond donors (Lipinski definition) is 0. The molecule has 2 aromatic carbocycles. The molecule has 5 heteroatoms. The Morgan fingerprint density at radius 1 is 1.22 bits per heavy atom. The Kier molecular flexibility index (Phi) is 5.28. The van der Waals surface area contributed by atoms with Gasteiger partial charge in [-0.1, -0.05) is 29.8 Å². The van der Waals surface area contributed by atoms with Gasteiger partial charge in [-0.25, -0.2) is 0 Å². The predicted octanol–water partition coefficient (Wildman–Crippen LogP) is 4.37. The molecule has 2 heterocycles. The molecule has 2 aliphatic heterocycles. The van der Waals surface area contributed by atoms with Crippen LogP contribution in [0.4, 0.5) is 0 Å². The van der Waals surface area contributed by atoms with Crippen LogP contribution in [-0.2, 0) is 0 Å². The molecule has 2 aromatic rings. The van der Waals surface area contributed by atoms with Crippen LogP contribution < -0.4 is 4.74 Å². The summed E-state index contributed by atoms with van der Waals surface area (Å²) in [4.78, 5) is 26.8. The van der Waals surface area contributed by atoms with Crippen LogP contribution in [-0.4, -0.2) is 42.7 Å². The van der Waals surface area contributed by atoms with E-state index >= 15 is 0 Å². The molecule has 140 valence electrons. The molecule has 1 atom stereocenters. The summed E-state index contributed by atoms with van der Waals surface area (Å²) >= 11 is 6.10. The van der Waals surface area contributed by atoms with Crippen molar-refractivity contribution in [3.8, 4) is 5.75 Å². The van der Waals surface area contributed by atoms with Gasteiger partial charge in [-0.15, -0.1) is 0 Å². The Labute approximate surface area is 164 Å². The van der Waals surface area contributed by atoms with Gasteiger partial charge < -0.3 is 9.64 Å². The molecule has 1 unspecified atom stereocenters. The number of ketones is 2. The SMILES string of the molecule is O=C(CCN1CCC(c2cccc(Cl)c2)C1)c1ccc2c(c1)OCCC2=O. The zero-order valence-electron chi connectivity index (χ0n) is 15.1. The van der Waals surface area contributed by atoms with Crippen molar-refractivity contribution in [2.75, 3.05) is 26.2 Å². The molecule has 4 nitrogen and oxygen atoms in total. The van der Waals surface area contributed by atoms with Crippen molar-refractivity contribution in [3.63, 3.8) is 0 Å². The Balaban J connectivity index is 1.34. The molecule has 0 bridgehead atoms. The topological polar surface area (TPSA) is 46.6 Å². The van der Waals surface area contributed by atoms with Crippen LogP contribution in [0.15, 0.2) is 42.5 Å². The van der Waals surface area contributed by atoms with Crippen LogP contribution in [0.25, 0.3) is 0 Å². The first-order chi connectivity index (χ1) is 13.1. The van der Waals surface area contributed by atoms with Gasteiger partial charge >= 0.3 is 0 Å². The standard InChI is InChI=1S/C22H22ClNO3/c23-18-3-1-2-15(12-18)17-6-9-24(14-17)10-7-20(25)16-4-5-19-21(26)8-11-27-22(19)13-16/h1-5,12-13,17H,6-11,14H2. The molecule has 2 aliphatic rings. The molecule has 0 aliphatic carbocycles. The van der Waals surface area contributed by atoms with Crippen molar-refractivity contribution in [3.05, 3.63) is 64.2 Å². The largest absolute Gasteiger partial charge is 0.492 e. The molecule has 1 fully saturated rings. The summed E-state index contributed by atoms with van der Waals surface area (Å²) in [5, 5.41) is 0.772. The van der Waals surface area contributed by atoms with Crippen LogP contribution in [0.5, 0.6) is 5.75 Å². The maximum absolute atomic E-state index is 12.6.